The minimum Gasteiger partial charge on any atom is -0.454 e. The topological polar surface area (TPSA) is 117 Å². The molecule has 3 atom stereocenters. The van der Waals surface area contributed by atoms with E-state index in [1.54, 1.807) is 18.2 Å². The van der Waals surface area contributed by atoms with Gasteiger partial charge in [0.05, 0.1) is 23.9 Å². The molecule has 0 aliphatic carbocycles. The monoisotopic (exact) mass is 573 g/mol. The first-order chi connectivity index (χ1) is 17.1. The first-order valence-corrected chi connectivity index (χ1v) is 13.7. The maximum absolute atomic E-state index is 14.3. The van der Waals surface area contributed by atoms with Gasteiger partial charge in [-0.15, -0.1) is 23.2 Å². The SMILES string of the molecule is CC[C@H](c1ccc2c(c1)OCO2)N1C(=O)[C@](C)(SC(=O)CCl)N(C)C(=O)[C@]1(CCC#N)SC(=O)CCl. The highest BCUT2D eigenvalue weighted by Gasteiger charge is 2.63. The normalized spacial score (nSPS) is 24.0. The smallest absolute Gasteiger partial charge is 0.261 e. The van der Waals surface area contributed by atoms with E-state index in [4.69, 9.17) is 32.7 Å². The van der Waals surface area contributed by atoms with Gasteiger partial charge in [0.2, 0.25) is 17.0 Å². The summed E-state index contributed by atoms with van der Waals surface area (Å²) in [5, 5.41) is 8.37. The molecule has 0 unspecified atom stereocenters. The van der Waals surface area contributed by atoms with Crippen LogP contribution in [0.2, 0.25) is 0 Å². The van der Waals surface area contributed by atoms with Crippen molar-refractivity contribution in [3.05, 3.63) is 23.8 Å². The molecule has 36 heavy (non-hydrogen) atoms. The average Bonchev–Trinajstić information content (AvgIpc) is 3.35. The van der Waals surface area contributed by atoms with Crippen LogP contribution in [-0.2, 0) is 19.2 Å². The minimum absolute atomic E-state index is 0.0585. The Hall–Kier alpha value is -2.13. The summed E-state index contributed by atoms with van der Waals surface area (Å²) in [6, 6.07) is 6.51. The molecule has 9 nitrogen and oxygen atoms in total. The average molecular weight is 575 g/mol. The second-order valence-corrected chi connectivity index (χ2v) is 11.5. The Kier molecular flexibility index (Phi) is 9.09. The van der Waals surface area contributed by atoms with Crippen LogP contribution >= 0.6 is 46.7 Å². The number of nitriles is 1. The first-order valence-electron chi connectivity index (χ1n) is 11.0. The van der Waals surface area contributed by atoms with Crippen molar-refractivity contribution >= 4 is 68.8 Å². The predicted molar refractivity (Wildman–Crippen MR) is 138 cm³/mol. The summed E-state index contributed by atoms with van der Waals surface area (Å²) in [5.74, 6) is -0.864. The molecule has 0 N–H and O–H groups in total. The van der Waals surface area contributed by atoms with Gasteiger partial charge < -0.3 is 19.3 Å². The lowest BCUT2D eigenvalue weighted by Crippen LogP contribution is -2.73. The van der Waals surface area contributed by atoms with Crippen LogP contribution in [0.1, 0.15) is 44.7 Å². The number of fused-ring (bicyclic) bond motifs is 1. The van der Waals surface area contributed by atoms with Crippen LogP contribution in [0.15, 0.2) is 18.2 Å². The molecule has 0 bridgehead atoms. The Balaban J connectivity index is 2.24. The molecular weight excluding hydrogens is 549 g/mol. The van der Waals surface area contributed by atoms with Crippen molar-refractivity contribution in [3.63, 3.8) is 0 Å². The van der Waals surface area contributed by atoms with Crippen molar-refractivity contribution in [1.29, 1.82) is 5.26 Å². The number of alkyl halides is 2. The molecule has 2 amide bonds. The zero-order valence-corrected chi connectivity index (χ0v) is 23.1. The van der Waals surface area contributed by atoms with Crippen molar-refractivity contribution in [1.82, 2.24) is 9.80 Å². The van der Waals surface area contributed by atoms with Gasteiger partial charge in [-0.2, -0.15) is 5.26 Å². The summed E-state index contributed by atoms with van der Waals surface area (Å²) in [4.78, 5) is 52.6. The van der Waals surface area contributed by atoms with Gasteiger partial charge in [-0.05, 0) is 54.6 Å². The van der Waals surface area contributed by atoms with Crippen molar-refractivity contribution in [2.75, 3.05) is 25.6 Å². The highest BCUT2D eigenvalue weighted by atomic mass is 35.5. The molecule has 0 aromatic heterocycles. The van der Waals surface area contributed by atoms with Gasteiger partial charge in [0.15, 0.2) is 21.2 Å². The number of rotatable bonds is 9. The fraction of sp³-hybridized carbons (Fsp3) is 0.522. The number of likely N-dealkylation sites (N-methyl/N-ethyl adjacent to an activating group) is 1. The number of benzene rings is 1. The van der Waals surface area contributed by atoms with E-state index in [2.05, 4.69) is 0 Å². The van der Waals surface area contributed by atoms with E-state index in [0.29, 0.717) is 47.0 Å². The van der Waals surface area contributed by atoms with Crippen LogP contribution in [0.3, 0.4) is 0 Å². The van der Waals surface area contributed by atoms with Gasteiger partial charge in [-0.25, -0.2) is 0 Å². The Bertz CT molecular complexity index is 1120. The Morgan fingerprint density at radius 1 is 1.14 bits per heavy atom. The lowest BCUT2D eigenvalue weighted by atomic mass is 9.93. The number of thioether (sulfide) groups is 2. The van der Waals surface area contributed by atoms with Crippen LogP contribution in [0.25, 0.3) is 0 Å². The first kappa shape index (κ1) is 28.4. The van der Waals surface area contributed by atoms with E-state index in [1.165, 1.54) is 23.8 Å². The molecule has 194 valence electrons. The maximum atomic E-state index is 14.3. The summed E-state index contributed by atoms with van der Waals surface area (Å²) in [6.07, 6.45) is 0.140. The Labute approximate surface area is 227 Å². The molecule has 0 spiro atoms. The number of hydrogen-bond acceptors (Lipinski definition) is 9. The largest absolute Gasteiger partial charge is 0.454 e. The summed E-state index contributed by atoms with van der Waals surface area (Å²) in [5.41, 5.74) is 0.642. The number of carbonyl (C=O) groups is 4. The van der Waals surface area contributed by atoms with Crippen molar-refractivity contribution < 1.29 is 28.7 Å². The van der Waals surface area contributed by atoms with Gasteiger partial charge in [0, 0.05) is 19.9 Å². The van der Waals surface area contributed by atoms with Crippen molar-refractivity contribution in [2.24, 2.45) is 0 Å². The second-order valence-electron chi connectivity index (χ2n) is 8.22. The quantitative estimate of drug-likeness (QED) is 0.405. The molecule has 2 aliphatic heterocycles. The lowest BCUT2D eigenvalue weighted by molar-refractivity contribution is -0.168. The summed E-state index contributed by atoms with van der Waals surface area (Å²) >= 11 is 12.8. The standard InChI is InChI=1S/C23H25Cl2N3O6S2/c1-4-15(14-6-7-16-17(10-14)34-13-33-16)28-20(31)22(2,35-18(29)11-24)27(3)21(32)23(28,8-5-9-26)36-19(30)12-25/h6-7,10,15H,4-5,8,11-13H2,1-3H3/t15-,22+,23+/m1/s1. The van der Waals surface area contributed by atoms with E-state index in [1.807, 2.05) is 13.0 Å². The van der Waals surface area contributed by atoms with Gasteiger partial charge in [0.1, 0.15) is 0 Å². The molecule has 1 aromatic carbocycles. The van der Waals surface area contributed by atoms with Crippen molar-refractivity contribution in [3.8, 4) is 17.6 Å². The third-order valence-corrected chi connectivity index (χ3v) is 9.46. The highest BCUT2D eigenvalue weighted by Crippen LogP contribution is 2.51. The third-order valence-electron chi connectivity index (χ3n) is 6.15. The van der Waals surface area contributed by atoms with Crippen LogP contribution < -0.4 is 9.47 Å². The number of piperazine rings is 1. The number of amides is 2. The zero-order valence-electron chi connectivity index (χ0n) is 19.9. The number of hydrogen-bond donors (Lipinski definition) is 0. The van der Waals surface area contributed by atoms with E-state index >= 15 is 0 Å². The molecule has 0 radical (unpaired) electrons. The minimum atomic E-state index is -1.76. The molecule has 3 rings (SSSR count). The summed E-state index contributed by atoms with van der Waals surface area (Å²) in [6.45, 7) is 3.37. The Morgan fingerprint density at radius 3 is 2.39 bits per heavy atom. The second kappa shape index (κ2) is 11.5. The number of nitrogens with zero attached hydrogens (tertiary/aromatic N) is 3. The Morgan fingerprint density at radius 2 is 1.78 bits per heavy atom. The molecular formula is C23H25Cl2N3O6S2. The number of ether oxygens (including phenoxy) is 2. The fourth-order valence-electron chi connectivity index (χ4n) is 4.34. The van der Waals surface area contributed by atoms with Crippen LogP contribution in [-0.4, -0.2) is 67.2 Å². The van der Waals surface area contributed by atoms with E-state index in [-0.39, 0.29) is 25.5 Å². The van der Waals surface area contributed by atoms with Crippen LogP contribution in [0.5, 0.6) is 11.5 Å². The van der Waals surface area contributed by atoms with Gasteiger partial charge in [-0.3, -0.25) is 19.2 Å². The molecule has 13 heteroatoms. The molecule has 2 heterocycles. The summed E-state index contributed by atoms with van der Waals surface area (Å²) in [7, 11) is 1.40. The number of carbonyl (C=O) groups excluding carboxylic acids is 4. The van der Waals surface area contributed by atoms with E-state index < -0.39 is 43.7 Å². The predicted octanol–water partition coefficient (Wildman–Crippen LogP) is 3.88. The zero-order chi connectivity index (χ0) is 26.7. The fourth-order valence-corrected chi connectivity index (χ4v) is 6.74. The van der Waals surface area contributed by atoms with Crippen LogP contribution in [0, 0.1) is 11.3 Å². The number of halogens is 2. The highest BCUT2D eigenvalue weighted by molar-refractivity contribution is 8.16. The van der Waals surface area contributed by atoms with E-state index in [9.17, 15) is 24.4 Å². The van der Waals surface area contributed by atoms with Gasteiger partial charge in [0.25, 0.3) is 11.8 Å². The lowest BCUT2D eigenvalue weighted by Gasteiger charge is -2.56. The molecule has 1 fully saturated rings. The third kappa shape index (κ3) is 5.01. The molecule has 1 aromatic rings. The molecule has 1 saturated heterocycles. The maximum Gasteiger partial charge on any atom is 0.261 e. The molecule has 0 saturated carbocycles. The summed E-state index contributed by atoms with van der Waals surface area (Å²) < 4.78 is 10.9. The van der Waals surface area contributed by atoms with Crippen LogP contribution in [0.4, 0.5) is 0 Å². The van der Waals surface area contributed by atoms with Gasteiger partial charge in [-0.1, -0.05) is 13.0 Å². The van der Waals surface area contributed by atoms with Gasteiger partial charge >= 0.3 is 0 Å². The van der Waals surface area contributed by atoms with E-state index in [0.717, 1.165) is 0 Å². The van der Waals surface area contributed by atoms with Crippen molar-refractivity contribution in [2.45, 2.75) is 48.9 Å². The molecule has 2 aliphatic rings.